The smallest absolute Gasteiger partial charge is 0.306 e. The fraction of sp³-hybridized carbons (Fsp3) is 0.556. The van der Waals surface area contributed by atoms with Crippen LogP contribution >= 0.6 is 11.3 Å². The molecule has 1 aromatic rings. The van der Waals surface area contributed by atoms with Crippen LogP contribution in [0.3, 0.4) is 0 Å². The summed E-state index contributed by atoms with van der Waals surface area (Å²) in [6, 6.07) is 1.74. The molecule has 1 aliphatic heterocycles. The van der Waals surface area contributed by atoms with E-state index >= 15 is 0 Å². The molecule has 0 saturated carbocycles. The Morgan fingerprint density at radius 1 is 1.30 bits per heavy atom. The van der Waals surface area contributed by atoms with E-state index in [1.165, 1.54) is 16.2 Å². The van der Waals surface area contributed by atoms with Crippen molar-refractivity contribution >= 4 is 35.0 Å². The van der Waals surface area contributed by atoms with Crippen molar-refractivity contribution in [1.29, 1.82) is 0 Å². The lowest BCUT2D eigenvalue weighted by atomic mass is 9.97. The molecule has 8 nitrogen and oxygen atoms in total. The molecule has 0 radical (unpaired) electrons. The molecule has 3 amide bonds. The number of nitrogens with one attached hydrogen (secondary N) is 1. The first-order valence-electron chi connectivity index (χ1n) is 8.93. The molecular weight excluding hydrogens is 370 g/mol. The SMILES string of the molecule is CN(CC(=O)N1CCC(C(=O)O)CC1)C(=O)CCCNC(=O)c1ccsc1. The summed E-state index contributed by atoms with van der Waals surface area (Å²) in [4.78, 5) is 50.1. The van der Waals surface area contributed by atoms with Crippen LogP contribution in [0.2, 0.25) is 0 Å². The van der Waals surface area contributed by atoms with Gasteiger partial charge < -0.3 is 20.2 Å². The van der Waals surface area contributed by atoms with Crippen LogP contribution in [0.1, 0.15) is 36.0 Å². The van der Waals surface area contributed by atoms with Crippen molar-refractivity contribution in [2.75, 3.05) is 33.2 Å². The molecule has 0 aliphatic carbocycles. The number of hydrogen-bond donors (Lipinski definition) is 2. The third-order valence-electron chi connectivity index (χ3n) is 4.63. The quantitative estimate of drug-likeness (QED) is 0.640. The van der Waals surface area contributed by atoms with Crippen molar-refractivity contribution in [2.45, 2.75) is 25.7 Å². The van der Waals surface area contributed by atoms with Gasteiger partial charge in [0.05, 0.1) is 12.5 Å². The predicted octanol–water partition coefficient (Wildman–Crippen LogP) is 1.04. The average molecular weight is 395 g/mol. The molecule has 1 saturated heterocycles. The zero-order chi connectivity index (χ0) is 19.8. The molecule has 1 fully saturated rings. The Kier molecular flexibility index (Phi) is 7.78. The van der Waals surface area contributed by atoms with Gasteiger partial charge in [0.15, 0.2) is 0 Å². The molecule has 2 heterocycles. The van der Waals surface area contributed by atoms with Crippen molar-refractivity contribution in [2.24, 2.45) is 5.92 Å². The number of amides is 3. The summed E-state index contributed by atoms with van der Waals surface area (Å²) in [6.07, 6.45) is 1.64. The van der Waals surface area contributed by atoms with Crippen molar-refractivity contribution in [3.05, 3.63) is 22.4 Å². The van der Waals surface area contributed by atoms with Gasteiger partial charge in [-0.1, -0.05) is 0 Å². The maximum Gasteiger partial charge on any atom is 0.306 e. The highest BCUT2D eigenvalue weighted by atomic mass is 32.1. The summed E-state index contributed by atoms with van der Waals surface area (Å²) < 4.78 is 0. The molecule has 2 rings (SSSR count). The second-order valence-electron chi connectivity index (χ2n) is 6.61. The van der Waals surface area contributed by atoms with Gasteiger partial charge in [0.25, 0.3) is 5.91 Å². The van der Waals surface area contributed by atoms with E-state index in [2.05, 4.69) is 5.32 Å². The van der Waals surface area contributed by atoms with Crippen molar-refractivity contribution in [1.82, 2.24) is 15.1 Å². The molecule has 9 heteroatoms. The first kappa shape index (κ1) is 20.9. The Bertz CT molecular complexity index is 669. The highest BCUT2D eigenvalue weighted by molar-refractivity contribution is 7.08. The zero-order valence-electron chi connectivity index (χ0n) is 15.3. The summed E-state index contributed by atoms with van der Waals surface area (Å²) in [5.41, 5.74) is 0.612. The van der Waals surface area contributed by atoms with Crippen molar-refractivity contribution < 1.29 is 24.3 Å². The Balaban J connectivity index is 1.64. The second kappa shape index (κ2) is 10.1. The number of rotatable bonds is 8. The van der Waals surface area contributed by atoms with Crippen LogP contribution < -0.4 is 5.32 Å². The third-order valence-corrected chi connectivity index (χ3v) is 5.31. The van der Waals surface area contributed by atoms with Gasteiger partial charge in [0, 0.05) is 44.0 Å². The van der Waals surface area contributed by atoms with Crippen LogP contribution in [0.25, 0.3) is 0 Å². The number of likely N-dealkylation sites (N-methyl/N-ethyl adjacent to an activating group) is 1. The zero-order valence-corrected chi connectivity index (χ0v) is 16.2. The number of carboxylic acids is 1. The van der Waals surface area contributed by atoms with E-state index in [1.54, 1.807) is 23.4 Å². The number of nitrogens with zero attached hydrogens (tertiary/aromatic N) is 2. The summed E-state index contributed by atoms with van der Waals surface area (Å²) >= 11 is 1.45. The van der Waals surface area contributed by atoms with Gasteiger partial charge in [-0.25, -0.2) is 0 Å². The van der Waals surface area contributed by atoms with Crippen LogP contribution in [0.5, 0.6) is 0 Å². The fourth-order valence-corrected chi connectivity index (χ4v) is 3.53. The van der Waals surface area contributed by atoms with Crippen LogP contribution in [-0.2, 0) is 14.4 Å². The Morgan fingerprint density at radius 3 is 2.59 bits per heavy atom. The minimum absolute atomic E-state index is 0.0160. The largest absolute Gasteiger partial charge is 0.481 e. The lowest BCUT2D eigenvalue weighted by Crippen LogP contribution is -2.45. The topological polar surface area (TPSA) is 107 Å². The minimum atomic E-state index is -0.819. The van der Waals surface area contributed by atoms with E-state index in [-0.39, 0.29) is 30.7 Å². The van der Waals surface area contributed by atoms with Gasteiger partial charge in [0.1, 0.15) is 0 Å². The van der Waals surface area contributed by atoms with Crippen LogP contribution in [0, 0.1) is 5.92 Å². The summed E-state index contributed by atoms with van der Waals surface area (Å²) in [7, 11) is 1.58. The minimum Gasteiger partial charge on any atom is -0.481 e. The molecule has 0 aromatic carbocycles. The molecule has 0 spiro atoms. The highest BCUT2D eigenvalue weighted by Crippen LogP contribution is 2.17. The molecule has 1 aromatic heterocycles. The predicted molar refractivity (Wildman–Crippen MR) is 100 cm³/mol. The number of carbonyl (C=O) groups is 4. The lowest BCUT2D eigenvalue weighted by molar-refractivity contribution is -0.146. The molecule has 2 N–H and O–H groups in total. The van der Waals surface area contributed by atoms with Crippen LogP contribution in [0.15, 0.2) is 16.8 Å². The second-order valence-corrected chi connectivity index (χ2v) is 7.39. The lowest BCUT2D eigenvalue weighted by Gasteiger charge is -2.31. The summed E-state index contributed by atoms with van der Waals surface area (Å²) in [6.45, 7) is 1.20. The molecule has 1 aliphatic rings. The maximum absolute atomic E-state index is 12.3. The normalized spacial score (nSPS) is 14.6. The number of carbonyl (C=O) groups excluding carboxylic acids is 3. The fourth-order valence-electron chi connectivity index (χ4n) is 2.90. The number of hydrogen-bond acceptors (Lipinski definition) is 5. The van der Waals surface area contributed by atoms with Gasteiger partial charge in [-0.15, -0.1) is 0 Å². The van der Waals surface area contributed by atoms with E-state index < -0.39 is 11.9 Å². The number of piperidine rings is 1. The van der Waals surface area contributed by atoms with E-state index in [0.717, 1.165) is 0 Å². The third kappa shape index (κ3) is 6.35. The van der Waals surface area contributed by atoms with Crippen molar-refractivity contribution in [3.63, 3.8) is 0 Å². The van der Waals surface area contributed by atoms with E-state index in [9.17, 15) is 19.2 Å². The van der Waals surface area contributed by atoms with E-state index in [1.807, 2.05) is 5.38 Å². The van der Waals surface area contributed by atoms with Gasteiger partial charge in [-0.3, -0.25) is 19.2 Å². The van der Waals surface area contributed by atoms with Gasteiger partial charge in [-0.2, -0.15) is 11.3 Å². The molecule has 27 heavy (non-hydrogen) atoms. The average Bonchev–Trinajstić information content (AvgIpc) is 3.19. The van der Waals surface area contributed by atoms with Gasteiger partial charge in [0.2, 0.25) is 11.8 Å². The summed E-state index contributed by atoms with van der Waals surface area (Å²) in [5.74, 6) is -1.69. The molecule has 148 valence electrons. The van der Waals surface area contributed by atoms with Gasteiger partial charge in [-0.05, 0) is 30.7 Å². The Labute approximate surface area is 162 Å². The first-order chi connectivity index (χ1) is 12.9. The standard InChI is InChI=1S/C18H25N3O5S/c1-20(11-16(23)21-8-4-13(5-9-21)18(25)26)15(22)3-2-7-19-17(24)14-6-10-27-12-14/h6,10,12-13H,2-5,7-9,11H2,1H3,(H,19,24)(H,25,26). The maximum atomic E-state index is 12.3. The highest BCUT2D eigenvalue weighted by Gasteiger charge is 2.27. The Morgan fingerprint density at radius 2 is 2.00 bits per heavy atom. The number of thiophene rings is 1. The Hall–Kier alpha value is -2.42. The molecule has 0 bridgehead atoms. The molecule has 0 unspecified atom stereocenters. The number of carboxylic acid groups (broad SMARTS) is 1. The number of likely N-dealkylation sites (tertiary alicyclic amines) is 1. The van der Waals surface area contributed by atoms with Crippen LogP contribution in [-0.4, -0.2) is 71.8 Å². The first-order valence-corrected chi connectivity index (χ1v) is 9.87. The van der Waals surface area contributed by atoms with E-state index in [4.69, 9.17) is 5.11 Å². The van der Waals surface area contributed by atoms with Crippen molar-refractivity contribution in [3.8, 4) is 0 Å². The summed E-state index contributed by atoms with van der Waals surface area (Å²) in [5, 5.41) is 15.3. The monoisotopic (exact) mass is 395 g/mol. The molecule has 0 atom stereocenters. The molecular formula is C18H25N3O5S. The number of aliphatic carboxylic acids is 1. The van der Waals surface area contributed by atoms with Gasteiger partial charge >= 0.3 is 5.97 Å². The van der Waals surface area contributed by atoms with E-state index in [0.29, 0.717) is 44.5 Å². The van der Waals surface area contributed by atoms with Crippen LogP contribution in [0.4, 0.5) is 0 Å².